The third-order valence-electron chi connectivity index (χ3n) is 3.83. The topological polar surface area (TPSA) is 78.4 Å². The van der Waals surface area contributed by atoms with Crippen molar-refractivity contribution in [2.75, 3.05) is 0 Å². The van der Waals surface area contributed by atoms with Crippen molar-refractivity contribution in [3.63, 3.8) is 0 Å². The van der Waals surface area contributed by atoms with Crippen LogP contribution in [0.3, 0.4) is 0 Å². The molecule has 6 nitrogen and oxygen atoms in total. The third kappa shape index (κ3) is 5.83. The molecule has 0 amide bonds. The van der Waals surface area contributed by atoms with Crippen molar-refractivity contribution in [3.05, 3.63) is 91.4 Å². The summed E-state index contributed by atoms with van der Waals surface area (Å²) in [5.74, 6) is -1.15. The van der Waals surface area contributed by atoms with Gasteiger partial charge in [0.2, 0.25) is 0 Å². The van der Waals surface area contributed by atoms with Gasteiger partial charge in [-0.05, 0) is 23.3 Å². The van der Waals surface area contributed by atoms with Gasteiger partial charge in [0.05, 0.1) is 21.2 Å². The van der Waals surface area contributed by atoms with Crippen LogP contribution in [-0.2, 0) is 22.7 Å². The van der Waals surface area contributed by atoms with Crippen LogP contribution in [0.5, 0.6) is 0 Å². The number of benzene rings is 1. The number of nitrogens with zero attached hydrogens (tertiary/aromatic N) is 2. The number of hydrogen-bond donors (Lipinski definition) is 0. The molecule has 154 valence electrons. The molecule has 0 aliphatic rings. The van der Waals surface area contributed by atoms with E-state index >= 15 is 0 Å². The molecule has 1 aromatic carbocycles. The molecular weight excluding hydrogens is 474 g/mol. The van der Waals surface area contributed by atoms with E-state index in [4.69, 9.17) is 55.9 Å². The quantitative estimate of drug-likeness (QED) is 0.324. The zero-order valence-electron chi connectivity index (χ0n) is 15.1. The van der Waals surface area contributed by atoms with Gasteiger partial charge in [0.1, 0.15) is 23.5 Å². The highest BCUT2D eigenvalue weighted by Crippen LogP contribution is 2.21. The number of esters is 2. The summed E-state index contributed by atoms with van der Waals surface area (Å²) in [5, 5.41) is 0.559. The Morgan fingerprint density at radius 1 is 0.700 bits per heavy atom. The lowest BCUT2D eigenvalue weighted by Crippen LogP contribution is -2.07. The number of carbonyl (C=O) groups is 2. The first-order chi connectivity index (χ1) is 14.3. The van der Waals surface area contributed by atoms with E-state index in [1.807, 2.05) is 0 Å². The molecule has 0 saturated carbocycles. The van der Waals surface area contributed by atoms with Crippen LogP contribution in [0.1, 0.15) is 31.8 Å². The molecule has 0 unspecified atom stereocenters. The van der Waals surface area contributed by atoms with Gasteiger partial charge in [-0.2, -0.15) is 0 Å². The van der Waals surface area contributed by atoms with E-state index in [0.717, 1.165) is 11.1 Å². The van der Waals surface area contributed by atoms with Crippen LogP contribution in [0.4, 0.5) is 0 Å². The molecule has 3 aromatic rings. The Morgan fingerprint density at radius 2 is 1.07 bits per heavy atom. The van der Waals surface area contributed by atoms with Crippen LogP contribution in [-0.4, -0.2) is 21.9 Å². The van der Waals surface area contributed by atoms with Gasteiger partial charge >= 0.3 is 11.9 Å². The van der Waals surface area contributed by atoms with Crippen molar-refractivity contribution in [2.24, 2.45) is 0 Å². The molecule has 0 fully saturated rings. The van der Waals surface area contributed by atoms with Gasteiger partial charge in [0.15, 0.2) is 0 Å². The fourth-order valence-electron chi connectivity index (χ4n) is 2.26. The fraction of sp³-hybridized carbons (Fsp3) is 0.100. The summed E-state index contributed by atoms with van der Waals surface area (Å²) in [6.45, 7) is 0.0994. The smallest absolute Gasteiger partial charge is 0.340 e. The van der Waals surface area contributed by atoms with Gasteiger partial charge in [-0.15, -0.1) is 0 Å². The maximum atomic E-state index is 12.1. The van der Waals surface area contributed by atoms with E-state index < -0.39 is 11.9 Å². The minimum Gasteiger partial charge on any atom is -0.457 e. The van der Waals surface area contributed by atoms with Crippen molar-refractivity contribution in [3.8, 4) is 0 Å². The highest BCUT2D eigenvalue weighted by molar-refractivity contribution is 6.41. The van der Waals surface area contributed by atoms with E-state index in [1.165, 1.54) is 24.5 Å². The summed E-state index contributed by atoms with van der Waals surface area (Å²) in [5.41, 5.74) is 1.90. The largest absolute Gasteiger partial charge is 0.457 e. The van der Waals surface area contributed by atoms with Gasteiger partial charge in [0, 0.05) is 12.4 Å². The van der Waals surface area contributed by atoms with Crippen LogP contribution in [0.15, 0.2) is 48.8 Å². The first-order valence-corrected chi connectivity index (χ1v) is 9.89. The molecule has 0 saturated heterocycles. The SMILES string of the molecule is O=C(OCc1ccc(COC(=O)c2cnc(Cl)c(Cl)c2)cc1)c1cnc(Cl)c(Cl)c1. The number of carbonyl (C=O) groups excluding carboxylic acids is 2. The fourth-order valence-corrected chi connectivity index (χ4v) is 2.80. The van der Waals surface area contributed by atoms with Gasteiger partial charge < -0.3 is 9.47 Å². The lowest BCUT2D eigenvalue weighted by Gasteiger charge is -2.08. The number of pyridine rings is 2. The first kappa shape index (κ1) is 22.3. The minimum atomic E-state index is -0.575. The maximum Gasteiger partial charge on any atom is 0.340 e. The number of aromatic nitrogens is 2. The minimum absolute atomic E-state index is 0.0497. The molecule has 0 radical (unpaired) electrons. The van der Waals surface area contributed by atoms with E-state index in [2.05, 4.69) is 9.97 Å². The Kier molecular flexibility index (Phi) is 7.50. The number of hydrogen-bond acceptors (Lipinski definition) is 6. The summed E-state index contributed by atoms with van der Waals surface area (Å²) >= 11 is 23.1. The van der Waals surface area contributed by atoms with Crippen molar-refractivity contribution in [1.82, 2.24) is 9.97 Å². The predicted octanol–water partition coefficient (Wildman–Crippen LogP) is 5.80. The first-order valence-electron chi connectivity index (χ1n) is 8.37. The molecule has 0 bridgehead atoms. The Morgan fingerprint density at radius 3 is 1.40 bits per heavy atom. The van der Waals surface area contributed by atoms with Crippen LogP contribution < -0.4 is 0 Å². The molecule has 2 heterocycles. The molecule has 0 N–H and O–H groups in total. The Hall–Kier alpha value is -2.38. The van der Waals surface area contributed by atoms with Gasteiger partial charge in [-0.1, -0.05) is 70.7 Å². The summed E-state index contributed by atoms with van der Waals surface area (Å²) in [6, 6.07) is 9.79. The highest BCUT2D eigenvalue weighted by Gasteiger charge is 2.12. The van der Waals surface area contributed by atoms with Crippen molar-refractivity contribution in [1.29, 1.82) is 0 Å². The normalized spacial score (nSPS) is 10.5. The van der Waals surface area contributed by atoms with Crippen molar-refractivity contribution < 1.29 is 19.1 Å². The molecule has 0 aliphatic carbocycles. The molecule has 0 aliphatic heterocycles. The molecule has 0 atom stereocenters. The molecule has 30 heavy (non-hydrogen) atoms. The van der Waals surface area contributed by atoms with Gasteiger partial charge in [-0.25, -0.2) is 19.6 Å². The Balaban J connectivity index is 1.52. The Labute approximate surface area is 191 Å². The van der Waals surface area contributed by atoms with Crippen LogP contribution in [0, 0.1) is 0 Å². The second-order valence-corrected chi connectivity index (χ2v) is 7.49. The maximum absolute atomic E-state index is 12.1. The molecule has 10 heteroatoms. The second-order valence-electron chi connectivity index (χ2n) is 5.96. The van der Waals surface area contributed by atoms with E-state index in [1.54, 1.807) is 24.3 Å². The lowest BCUT2D eigenvalue weighted by molar-refractivity contribution is 0.0459. The van der Waals surface area contributed by atoms with Crippen LogP contribution in [0.25, 0.3) is 0 Å². The molecule has 3 rings (SSSR count). The van der Waals surface area contributed by atoms with Crippen LogP contribution >= 0.6 is 46.4 Å². The highest BCUT2D eigenvalue weighted by atomic mass is 35.5. The standard InChI is InChI=1S/C20H12Cl4N2O4/c21-15-5-13(7-25-17(15)23)19(27)29-9-11-1-2-12(4-3-11)10-30-20(28)14-6-16(22)18(24)26-8-14/h1-8H,9-10H2. The van der Waals surface area contributed by atoms with Crippen LogP contribution in [0.2, 0.25) is 20.4 Å². The average Bonchev–Trinajstić information content (AvgIpc) is 2.74. The monoisotopic (exact) mass is 484 g/mol. The second kappa shape index (κ2) is 10.1. The third-order valence-corrected chi connectivity index (χ3v) is 5.20. The number of ether oxygens (including phenoxy) is 2. The summed E-state index contributed by atoms with van der Waals surface area (Å²) in [6.07, 6.45) is 2.58. The zero-order chi connectivity index (χ0) is 21.7. The summed E-state index contributed by atoms with van der Waals surface area (Å²) in [4.78, 5) is 31.7. The summed E-state index contributed by atoms with van der Waals surface area (Å²) in [7, 11) is 0. The summed E-state index contributed by atoms with van der Waals surface area (Å²) < 4.78 is 10.5. The van der Waals surface area contributed by atoms with Gasteiger partial charge in [0.25, 0.3) is 0 Å². The van der Waals surface area contributed by atoms with E-state index in [9.17, 15) is 9.59 Å². The predicted molar refractivity (Wildman–Crippen MR) is 113 cm³/mol. The van der Waals surface area contributed by atoms with Crippen molar-refractivity contribution in [2.45, 2.75) is 13.2 Å². The lowest BCUT2D eigenvalue weighted by atomic mass is 10.1. The molecule has 2 aromatic heterocycles. The van der Waals surface area contributed by atoms with Crippen molar-refractivity contribution >= 4 is 58.3 Å². The van der Waals surface area contributed by atoms with Gasteiger partial charge in [-0.3, -0.25) is 0 Å². The number of rotatable bonds is 6. The zero-order valence-corrected chi connectivity index (χ0v) is 18.1. The van der Waals surface area contributed by atoms with E-state index in [-0.39, 0.29) is 44.7 Å². The van der Waals surface area contributed by atoms with E-state index in [0.29, 0.717) is 0 Å². The number of halogens is 4. The molecule has 0 spiro atoms. The molecular formula is C20H12Cl4N2O4. The Bertz CT molecular complexity index is 1000. The average molecular weight is 486 g/mol.